The third-order valence-electron chi connectivity index (χ3n) is 8.54. The monoisotopic (exact) mass is 482 g/mol. The average Bonchev–Trinajstić information content (AvgIpc) is 3.38. The lowest BCUT2D eigenvalue weighted by Gasteiger charge is -2.55. The maximum Gasteiger partial charge on any atom is 0.251 e. The molecule has 1 heterocycles. The van der Waals surface area contributed by atoms with Gasteiger partial charge in [-0.25, -0.2) is 0 Å². The molecule has 0 unspecified atom stereocenters. The Morgan fingerprint density at radius 2 is 1.50 bits per heavy atom. The number of hydrogen-bond acceptors (Lipinski definition) is 3. The smallest absolute Gasteiger partial charge is 0.251 e. The molecule has 6 heteroatoms. The quantitative estimate of drug-likeness (QED) is 0.489. The number of carbonyl (C=O) groups excluding carboxylic acids is 2. The maximum absolute atomic E-state index is 13.2. The summed E-state index contributed by atoms with van der Waals surface area (Å²) >= 11 is 0. The van der Waals surface area contributed by atoms with Crippen molar-refractivity contribution in [2.45, 2.75) is 58.2 Å². The Hall–Kier alpha value is -3.41. The Kier molecular flexibility index (Phi) is 6.12. The first-order valence-corrected chi connectivity index (χ1v) is 13.3. The number of benzene rings is 2. The van der Waals surface area contributed by atoms with Crippen LogP contribution in [0.3, 0.4) is 0 Å². The lowest BCUT2D eigenvalue weighted by molar-refractivity contribution is -0.146. The van der Waals surface area contributed by atoms with E-state index in [1.165, 1.54) is 19.3 Å². The SMILES string of the molecule is O=C(NCc1cccc(Cn2cccn2)c1)c1ccc(CNC(=O)C23CC4CC(CC(C4)C2)C3)cc1. The van der Waals surface area contributed by atoms with E-state index in [2.05, 4.69) is 27.9 Å². The van der Waals surface area contributed by atoms with Gasteiger partial charge in [0.25, 0.3) is 5.91 Å². The molecule has 2 N–H and O–H groups in total. The molecule has 3 aromatic rings. The largest absolute Gasteiger partial charge is 0.352 e. The van der Waals surface area contributed by atoms with E-state index in [0.717, 1.165) is 53.7 Å². The molecule has 2 amide bonds. The molecule has 0 spiro atoms. The van der Waals surface area contributed by atoms with Crippen LogP contribution < -0.4 is 10.6 Å². The van der Waals surface area contributed by atoms with E-state index in [1.807, 2.05) is 53.3 Å². The number of amides is 2. The van der Waals surface area contributed by atoms with Crippen LogP contribution in [-0.2, 0) is 24.4 Å². The van der Waals surface area contributed by atoms with Crippen molar-refractivity contribution in [1.82, 2.24) is 20.4 Å². The molecule has 36 heavy (non-hydrogen) atoms. The van der Waals surface area contributed by atoms with Crippen molar-refractivity contribution in [3.63, 3.8) is 0 Å². The summed E-state index contributed by atoms with van der Waals surface area (Å²) in [7, 11) is 0. The molecular weight excluding hydrogens is 448 g/mol. The number of carbonyl (C=O) groups is 2. The van der Waals surface area contributed by atoms with E-state index < -0.39 is 0 Å². The van der Waals surface area contributed by atoms with Crippen molar-refractivity contribution in [2.75, 3.05) is 0 Å². The molecule has 4 saturated carbocycles. The second kappa shape index (κ2) is 9.57. The van der Waals surface area contributed by atoms with Gasteiger partial charge in [0.05, 0.1) is 6.54 Å². The topological polar surface area (TPSA) is 76.0 Å². The Morgan fingerprint density at radius 1 is 0.833 bits per heavy atom. The molecule has 4 aliphatic carbocycles. The summed E-state index contributed by atoms with van der Waals surface area (Å²) in [6.45, 7) is 1.69. The van der Waals surface area contributed by atoms with Gasteiger partial charge in [0.2, 0.25) is 5.91 Å². The predicted octanol–water partition coefficient (Wildman–Crippen LogP) is 4.69. The second-order valence-electron chi connectivity index (χ2n) is 11.3. The number of hydrogen-bond donors (Lipinski definition) is 2. The van der Waals surface area contributed by atoms with Crippen LogP contribution in [-0.4, -0.2) is 21.6 Å². The van der Waals surface area contributed by atoms with Crippen LogP contribution >= 0.6 is 0 Å². The molecule has 4 aliphatic rings. The van der Waals surface area contributed by atoms with Crippen LogP contribution in [0.5, 0.6) is 0 Å². The van der Waals surface area contributed by atoms with Gasteiger partial charge in [0.1, 0.15) is 0 Å². The third kappa shape index (κ3) is 4.81. The maximum atomic E-state index is 13.2. The highest BCUT2D eigenvalue weighted by Gasteiger charge is 2.54. The number of nitrogens with zero attached hydrogens (tertiary/aromatic N) is 2. The molecule has 2 aromatic carbocycles. The van der Waals surface area contributed by atoms with Crippen molar-refractivity contribution in [2.24, 2.45) is 23.2 Å². The highest BCUT2D eigenvalue weighted by atomic mass is 16.2. The van der Waals surface area contributed by atoms with Crippen molar-refractivity contribution in [3.8, 4) is 0 Å². The molecule has 1 aromatic heterocycles. The number of aromatic nitrogens is 2. The molecule has 7 rings (SSSR count). The highest BCUT2D eigenvalue weighted by molar-refractivity contribution is 5.94. The molecular formula is C30H34N4O2. The van der Waals surface area contributed by atoms with Crippen LogP contribution in [0.15, 0.2) is 67.0 Å². The van der Waals surface area contributed by atoms with E-state index in [4.69, 9.17) is 0 Å². The van der Waals surface area contributed by atoms with E-state index in [9.17, 15) is 9.59 Å². The third-order valence-corrected chi connectivity index (χ3v) is 8.54. The van der Waals surface area contributed by atoms with Gasteiger partial charge in [-0.3, -0.25) is 14.3 Å². The minimum absolute atomic E-state index is 0.100. The average molecular weight is 483 g/mol. The summed E-state index contributed by atoms with van der Waals surface area (Å²) in [6, 6.07) is 17.7. The van der Waals surface area contributed by atoms with Gasteiger partial charge in [-0.2, -0.15) is 5.10 Å². The normalized spacial score (nSPS) is 26.1. The van der Waals surface area contributed by atoms with E-state index in [0.29, 0.717) is 25.2 Å². The zero-order valence-corrected chi connectivity index (χ0v) is 20.7. The lowest BCUT2D eigenvalue weighted by Crippen LogP contribution is -2.53. The van der Waals surface area contributed by atoms with E-state index in [-0.39, 0.29) is 17.2 Å². The highest BCUT2D eigenvalue weighted by Crippen LogP contribution is 2.60. The van der Waals surface area contributed by atoms with Gasteiger partial charge in [0.15, 0.2) is 0 Å². The zero-order valence-electron chi connectivity index (χ0n) is 20.7. The predicted molar refractivity (Wildman–Crippen MR) is 138 cm³/mol. The van der Waals surface area contributed by atoms with Crippen molar-refractivity contribution < 1.29 is 9.59 Å². The first kappa shape index (κ1) is 23.0. The van der Waals surface area contributed by atoms with E-state index in [1.54, 1.807) is 6.20 Å². The van der Waals surface area contributed by atoms with Crippen molar-refractivity contribution in [3.05, 3.63) is 89.2 Å². The fraction of sp³-hybridized carbons (Fsp3) is 0.433. The summed E-state index contributed by atoms with van der Waals surface area (Å²) in [4.78, 5) is 25.9. The number of rotatable bonds is 8. The first-order chi connectivity index (χ1) is 17.5. The van der Waals surface area contributed by atoms with Gasteiger partial charge in [-0.05, 0) is 91.2 Å². The fourth-order valence-corrected chi connectivity index (χ4v) is 7.24. The molecule has 0 saturated heterocycles. The Morgan fingerprint density at radius 3 is 2.17 bits per heavy atom. The van der Waals surface area contributed by atoms with E-state index >= 15 is 0 Å². The molecule has 6 nitrogen and oxygen atoms in total. The molecule has 186 valence electrons. The molecule has 0 aliphatic heterocycles. The van der Waals surface area contributed by atoms with Crippen LogP contribution in [0, 0.1) is 23.2 Å². The standard InChI is InChI=1S/C30H34N4O2/c35-28(31-19-22-3-1-4-23(11-22)20-34-10-2-9-33-34)27-7-5-21(6-8-27)18-32-29(36)30-15-24-12-25(16-30)14-26(13-24)17-30/h1-11,24-26H,12-20H2,(H,31,35)(H,32,36). The second-order valence-corrected chi connectivity index (χ2v) is 11.3. The Bertz CT molecular complexity index is 1200. The first-order valence-electron chi connectivity index (χ1n) is 13.3. The molecule has 4 bridgehead atoms. The minimum atomic E-state index is -0.121. The van der Waals surface area contributed by atoms with Gasteiger partial charge in [-0.15, -0.1) is 0 Å². The van der Waals surface area contributed by atoms with Gasteiger partial charge in [0, 0.05) is 36.5 Å². The summed E-state index contributed by atoms with van der Waals surface area (Å²) in [5, 5.41) is 10.5. The minimum Gasteiger partial charge on any atom is -0.352 e. The summed E-state index contributed by atoms with van der Waals surface area (Å²) in [5.41, 5.74) is 3.72. The van der Waals surface area contributed by atoms with Crippen LogP contribution in [0.2, 0.25) is 0 Å². The molecule has 4 fully saturated rings. The van der Waals surface area contributed by atoms with Crippen LogP contribution in [0.1, 0.15) is 65.6 Å². The fourth-order valence-electron chi connectivity index (χ4n) is 7.24. The number of nitrogens with one attached hydrogen (secondary N) is 2. The lowest BCUT2D eigenvalue weighted by atomic mass is 9.49. The summed E-state index contributed by atoms with van der Waals surface area (Å²) in [5.74, 6) is 2.44. The Labute approximate surface area is 212 Å². The summed E-state index contributed by atoms with van der Waals surface area (Å²) < 4.78 is 1.88. The van der Waals surface area contributed by atoms with Gasteiger partial charge < -0.3 is 10.6 Å². The molecule has 0 radical (unpaired) electrons. The van der Waals surface area contributed by atoms with Crippen LogP contribution in [0.4, 0.5) is 0 Å². The van der Waals surface area contributed by atoms with Gasteiger partial charge in [-0.1, -0.05) is 36.4 Å². The van der Waals surface area contributed by atoms with Crippen molar-refractivity contribution in [1.29, 1.82) is 0 Å². The zero-order chi connectivity index (χ0) is 24.5. The van der Waals surface area contributed by atoms with Gasteiger partial charge >= 0.3 is 0 Å². The van der Waals surface area contributed by atoms with Crippen LogP contribution in [0.25, 0.3) is 0 Å². The summed E-state index contributed by atoms with van der Waals surface area (Å²) in [6.07, 6.45) is 11.0. The Balaban J connectivity index is 1.00. The molecule has 0 atom stereocenters. The van der Waals surface area contributed by atoms with Crippen molar-refractivity contribution >= 4 is 11.8 Å².